The van der Waals surface area contributed by atoms with Crippen LogP contribution < -0.4 is 5.11 Å². The summed E-state index contributed by atoms with van der Waals surface area (Å²) in [6, 6.07) is 14.5. The molecule has 2 amide bonds. The van der Waals surface area contributed by atoms with Gasteiger partial charge in [0.05, 0.1) is 24.3 Å². The number of rotatable bonds is 2. The molecule has 0 spiro atoms. The molecule has 5 nitrogen and oxygen atoms in total. The first-order valence-electron chi connectivity index (χ1n) is 8.45. The van der Waals surface area contributed by atoms with Crippen LogP contribution in [0.3, 0.4) is 0 Å². The fraction of sp³-hybridized carbons (Fsp3) is 0.250. The lowest BCUT2D eigenvalue weighted by atomic mass is 9.54. The summed E-state index contributed by atoms with van der Waals surface area (Å²) < 4.78 is 0. The Bertz CT molecular complexity index is 928. The van der Waals surface area contributed by atoms with Crippen molar-refractivity contribution in [3.8, 4) is 0 Å². The second-order valence-corrected chi connectivity index (χ2v) is 8.30. The van der Waals surface area contributed by atoms with E-state index in [2.05, 4.69) is 0 Å². The van der Waals surface area contributed by atoms with Crippen molar-refractivity contribution >= 4 is 41.0 Å². The molecule has 3 aliphatic carbocycles. The van der Waals surface area contributed by atoms with Crippen molar-refractivity contribution in [1.82, 2.24) is 4.90 Å². The zero-order valence-corrected chi connectivity index (χ0v) is 15.3. The van der Waals surface area contributed by atoms with Crippen LogP contribution in [-0.2, 0) is 24.1 Å². The Hall–Kier alpha value is -2.37. The number of carbonyl (C=O) groups excluding carboxylic acids is 3. The van der Waals surface area contributed by atoms with Crippen LogP contribution in [0.1, 0.15) is 22.3 Å². The Morgan fingerprint density at radius 3 is 1.48 bits per heavy atom. The molecule has 2 atom stereocenters. The van der Waals surface area contributed by atoms with E-state index in [4.69, 9.17) is 23.2 Å². The summed E-state index contributed by atoms with van der Waals surface area (Å²) in [5, 5.41) is 11.1. The Kier molecular flexibility index (Phi) is 3.18. The number of aliphatic carboxylic acids is 1. The molecule has 7 heteroatoms. The first-order valence-corrected chi connectivity index (χ1v) is 9.21. The monoisotopic (exact) mass is 400 g/mol. The molecule has 0 radical (unpaired) electrons. The van der Waals surface area contributed by atoms with Crippen LogP contribution in [-0.4, -0.2) is 29.2 Å². The third-order valence-electron chi connectivity index (χ3n) is 5.96. The molecular weight excluding hydrogens is 389 g/mol. The number of carbonyl (C=O) groups is 3. The number of carboxylic acids is 1. The van der Waals surface area contributed by atoms with E-state index in [-0.39, 0.29) is 0 Å². The predicted octanol–water partition coefficient (Wildman–Crippen LogP) is 1.33. The fourth-order valence-corrected chi connectivity index (χ4v) is 6.11. The number of likely N-dealkylation sites (tertiary alicyclic amines) is 1. The van der Waals surface area contributed by atoms with Crippen molar-refractivity contribution in [2.75, 3.05) is 6.54 Å². The zero-order valence-electron chi connectivity index (χ0n) is 13.8. The van der Waals surface area contributed by atoms with Gasteiger partial charge in [0.15, 0.2) is 0 Å². The van der Waals surface area contributed by atoms with Gasteiger partial charge in [-0.3, -0.25) is 14.5 Å². The molecule has 0 N–H and O–H groups in total. The van der Waals surface area contributed by atoms with E-state index in [0.29, 0.717) is 22.3 Å². The molecule has 1 aliphatic heterocycles. The molecule has 2 bridgehead atoms. The first-order chi connectivity index (χ1) is 12.8. The molecule has 2 aromatic carbocycles. The van der Waals surface area contributed by atoms with Crippen LogP contribution in [0.4, 0.5) is 0 Å². The Morgan fingerprint density at radius 1 is 0.852 bits per heavy atom. The maximum absolute atomic E-state index is 13.1. The van der Waals surface area contributed by atoms with Crippen molar-refractivity contribution in [1.29, 1.82) is 0 Å². The molecule has 0 aromatic heterocycles. The normalized spacial score (nSPS) is 32.9. The smallest absolute Gasteiger partial charge is 0.236 e. The van der Waals surface area contributed by atoms with Crippen LogP contribution in [0.5, 0.6) is 0 Å². The number of hydrogen-bond donors (Lipinski definition) is 0. The van der Waals surface area contributed by atoms with E-state index < -0.39 is 45.9 Å². The zero-order chi connectivity index (χ0) is 19.1. The molecule has 2 aromatic rings. The van der Waals surface area contributed by atoms with Crippen LogP contribution >= 0.6 is 23.2 Å². The van der Waals surface area contributed by atoms with Crippen molar-refractivity contribution in [2.24, 2.45) is 11.8 Å². The first kappa shape index (κ1) is 16.8. The van der Waals surface area contributed by atoms with E-state index in [1.54, 1.807) is 0 Å². The van der Waals surface area contributed by atoms with E-state index in [0.717, 1.165) is 4.90 Å². The molecule has 4 aliphatic rings. The molecule has 136 valence electrons. The topological polar surface area (TPSA) is 77.5 Å². The maximum Gasteiger partial charge on any atom is 0.236 e. The van der Waals surface area contributed by atoms with Gasteiger partial charge in [0, 0.05) is 0 Å². The van der Waals surface area contributed by atoms with Gasteiger partial charge in [-0.15, -0.1) is 23.2 Å². The van der Waals surface area contributed by atoms with Gasteiger partial charge in [-0.05, 0) is 22.3 Å². The van der Waals surface area contributed by atoms with Crippen LogP contribution in [0.25, 0.3) is 0 Å². The summed E-state index contributed by atoms with van der Waals surface area (Å²) in [6.07, 6.45) is 0. The van der Waals surface area contributed by atoms with E-state index in [1.807, 2.05) is 48.5 Å². The fourth-order valence-electron chi connectivity index (χ4n) is 5.01. The number of carboxylic acid groups (broad SMARTS) is 1. The highest BCUT2D eigenvalue weighted by molar-refractivity contribution is 6.36. The molecule has 1 fully saturated rings. The van der Waals surface area contributed by atoms with Crippen molar-refractivity contribution in [3.63, 3.8) is 0 Å². The molecule has 6 rings (SSSR count). The number of halogens is 2. The van der Waals surface area contributed by atoms with Gasteiger partial charge in [-0.1, -0.05) is 48.5 Å². The molecule has 1 heterocycles. The summed E-state index contributed by atoms with van der Waals surface area (Å²) >= 11 is 14.3. The maximum atomic E-state index is 13.1. The van der Waals surface area contributed by atoms with Gasteiger partial charge in [-0.2, -0.15) is 0 Å². The van der Waals surface area contributed by atoms with Crippen molar-refractivity contribution in [3.05, 3.63) is 70.8 Å². The quantitative estimate of drug-likeness (QED) is 0.562. The van der Waals surface area contributed by atoms with Crippen molar-refractivity contribution in [2.45, 2.75) is 9.75 Å². The summed E-state index contributed by atoms with van der Waals surface area (Å²) in [5.41, 5.74) is 2.72. The lowest BCUT2D eigenvalue weighted by Gasteiger charge is -2.54. The van der Waals surface area contributed by atoms with Gasteiger partial charge in [-0.25, -0.2) is 0 Å². The predicted molar refractivity (Wildman–Crippen MR) is 94.9 cm³/mol. The number of nitrogens with zero attached hydrogens (tertiary/aromatic N) is 1. The van der Waals surface area contributed by atoms with Gasteiger partial charge < -0.3 is 9.90 Å². The van der Waals surface area contributed by atoms with Gasteiger partial charge in [0.1, 0.15) is 9.75 Å². The lowest BCUT2D eigenvalue weighted by molar-refractivity contribution is -0.305. The van der Waals surface area contributed by atoms with Crippen LogP contribution in [0, 0.1) is 11.8 Å². The molecule has 0 unspecified atom stereocenters. The van der Waals surface area contributed by atoms with Crippen LogP contribution in [0.2, 0.25) is 0 Å². The number of hydrogen-bond acceptors (Lipinski definition) is 4. The molecular formula is C20H12Cl2NO4-. The van der Waals surface area contributed by atoms with Gasteiger partial charge in [0.2, 0.25) is 11.8 Å². The van der Waals surface area contributed by atoms with E-state index in [9.17, 15) is 19.5 Å². The largest absolute Gasteiger partial charge is 0.548 e. The van der Waals surface area contributed by atoms with Gasteiger partial charge >= 0.3 is 0 Å². The Balaban J connectivity index is 1.86. The molecule has 1 saturated heterocycles. The highest BCUT2D eigenvalue weighted by Crippen LogP contribution is 2.69. The minimum Gasteiger partial charge on any atom is -0.548 e. The average molecular weight is 401 g/mol. The number of imide groups is 1. The third-order valence-corrected chi connectivity index (χ3v) is 7.25. The number of alkyl halides is 2. The summed E-state index contributed by atoms with van der Waals surface area (Å²) in [4.78, 5) is 35.5. The average Bonchev–Trinajstić information content (AvgIpc) is 2.91. The minimum atomic E-state index is -1.51. The minimum absolute atomic E-state index is 0.627. The molecule has 0 saturated carbocycles. The second-order valence-electron chi connectivity index (χ2n) is 7.10. The number of benzene rings is 2. The standard InChI is InChI=1S/C20H13Cl2NO4/c21-19-10-5-1-2-6-11(10)20(22,13-8-4-3-7-12(13)19)16-15(19)17(26)23(18(16)27)9-14(24)25/h1-8,15-16H,9H2,(H,24,25)/p-1/t15-,16-,19?,20?/m1/s1. The SMILES string of the molecule is O=C([O-])CN1C(=O)[C@H]2[C@H](C1=O)C1(Cl)c3ccccc3C2(Cl)c2ccccc21. The summed E-state index contributed by atoms with van der Waals surface area (Å²) in [5.74, 6) is -4.72. The lowest BCUT2D eigenvalue weighted by Crippen LogP contribution is -2.57. The molecule has 27 heavy (non-hydrogen) atoms. The highest BCUT2D eigenvalue weighted by Gasteiger charge is 2.72. The third kappa shape index (κ3) is 1.74. The second kappa shape index (κ2) is 5.12. The van der Waals surface area contributed by atoms with E-state index >= 15 is 0 Å². The Morgan fingerprint density at radius 2 is 1.19 bits per heavy atom. The Labute approximate surface area is 164 Å². The van der Waals surface area contributed by atoms with Crippen LogP contribution in [0.15, 0.2) is 48.5 Å². The van der Waals surface area contributed by atoms with E-state index in [1.165, 1.54) is 0 Å². The van der Waals surface area contributed by atoms with Crippen molar-refractivity contribution < 1.29 is 19.5 Å². The summed E-state index contributed by atoms with van der Waals surface area (Å²) in [7, 11) is 0. The van der Waals surface area contributed by atoms with Gasteiger partial charge in [0.25, 0.3) is 0 Å². The number of amides is 2. The highest BCUT2D eigenvalue weighted by atomic mass is 35.5. The summed E-state index contributed by atoms with van der Waals surface area (Å²) in [6.45, 7) is -0.808.